The van der Waals surface area contributed by atoms with Crippen molar-refractivity contribution in [3.8, 4) is 11.8 Å². The second-order valence-electron chi connectivity index (χ2n) is 3.60. The van der Waals surface area contributed by atoms with E-state index < -0.39 is 17.8 Å². The van der Waals surface area contributed by atoms with E-state index in [9.17, 15) is 18.3 Å². The summed E-state index contributed by atoms with van der Waals surface area (Å²) in [5, 5.41) is 9.69. The summed E-state index contributed by atoms with van der Waals surface area (Å²) in [4.78, 5) is 0. The van der Waals surface area contributed by atoms with Crippen LogP contribution in [0.5, 0.6) is 0 Å². The van der Waals surface area contributed by atoms with E-state index in [2.05, 4.69) is 11.8 Å². The Labute approximate surface area is 98.3 Å². The summed E-state index contributed by atoms with van der Waals surface area (Å²) in [6.07, 6.45) is -4.15. The summed E-state index contributed by atoms with van der Waals surface area (Å²) in [5.74, 6) is 5.49. The maximum Gasteiger partial charge on any atom is 0.416 e. The van der Waals surface area contributed by atoms with Crippen molar-refractivity contribution in [2.45, 2.75) is 32.0 Å². The largest absolute Gasteiger partial charge is 0.416 e. The third-order valence-corrected chi connectivity index (χ3v) is 2.34. The van der Waals surface area contributed by atoms with Gasteiger partial charge in [0.15, 0.2) is 0 Å². The van der Waals surface area contributed by atoms with Gasteiger partial charge < -0.3 is 5.11 Å². The molecule has 0 fully saturated rings. The van der Waals surface area contributed by atoms with Gasteiger partial charge in [-0.05, 0) is 31.0 Å². The summed E-state index contributed by atoms with van der Waals surface area (Å²) in [6, 6.07) is 4.55. The van der Waals surface area contributed by atoms with Gasteiger partial charge in [0.1, 0.15) is 0 Å². The van der Waals surface area contributed by atoms with E-state index in [0.717, 1.165) is 12.1 Å². The molecule has 0 spiro atoms. The van der Waals surface area contributed by atoms with Crippen molar-refractivity contribution in [3.63, 3.8) is 0 Å². The van der Waals surface area contributed by atoms with Crippen LogP contribution in [0.1, 0.15) is 37.0 Å². The lowest BCUT2D eigenvalue weighted by Gasteiger charge is -2.11. The third-order valence-electron chi connectivity index (χ3n) is 2.34. The van der Waals surface area contributed by atoms with Crippen LogP contribution in [0.3, 0.4) is 0 Å². The van der Waals surface area contributed by atoms with Crippen molar-refractivity contribution in [2.75, 3.05) is 0 Å². The van der Waals surface area contributed by atoms with Crippen molar-refractivity contribution in [3.05, 3.63) is 35.4 Å². The fourth-order valence-corrected chi connectivity index (χ4v) is 1.39. The SMILES string of the molecule is CC#CCCC(O)c1ccc(C(F)(F)F)cc1. The van der Waals surface area contributed by atoms with Gasteiger partial charge in [-0.1, -0.05) is 12.1 Å². The summed E-state index contributed by atoms with van der Waals surface area (Å²) in [6.45, 7) is 1.70. The van der Waals surface area contributed by atoms with E-state index in [4.69, 9.17) is 0 Å². The zero-order valence-corrected chi connectivity index (χ0v) is 9.38. The molecular formula is C13H13F3O. The number of rotatable bonds is 3. The predicted molar refractivity (Wildman–Crippen MR) is 59.1 cm³/mol. The lowest BCUT2D eigenvalue weighted by atomic mass is 10.0. The highest BCUT2D eigenvalue weighted by Gasteiger charge is 2.30. The molecule has 1 atom stereocenters. The molecule has 0 aliphatic carbocycles. The van der Waals surface area contributed by atoms with E-state index in [-0.39, 0.29) is 0 Å². The molecule has 0 aromatic heterocycles. The second kappa shape index (κ2) is 5.74. The Bertz CT molecular complexity index is 409. The third kappa shape index (κ3) is 4.12. The first-order chi connectivity index (χ1) is 7.95. The Kier molecular flexibility index (Phi) is 4.59. The first kappa shape index (κ1) is 13.6. The Morgan fingerprint density at radius 1 is 1.24 bits per heavy atom. The van der Waals surface area contributed by atoms with Crippen molar-refractivity contribution in [1.82, 2.24) is 0 Å². The van der Waals surface area contributed by atoms with Crippen molar-refractivity contribution in [2.24, 2.45) is 0 Å². The van der Waals surface area contributed by atoms with Gasteiger partial charge in [-0.15, -0.1) is 11.8 Å². The van der Waals surface area contributed by atoms with Gasteiger partial charge in [0, 0.05) is 6.42 Å². The standard InChI is InChI=1S/C13H13F3O/c1-2-3-4-5-12(17)10-6-8-11(9-7-10)13(14,15)16/h6-9,12,17H,4-5H2,1H3. The van der Waals surface area contributed by atoms with Gasteiger partial charge in [0.2, 0.25) is 0 Å². The van der Waals surface area contributed by atoms with Gasteiger partial charge in [-0.25, -0.2) is 0 Å². The number of halogens is 3. The highest BCUT2D eigenvalue weighted by molar-refractivity contribution is 5.26. The Morgan fingerprint density at radius 3 is 2.29 bits per heavy atom. The van der Waals surface area contributed by atoms with E-state index in [0.29, 0.717) is 18.4 Å². The summed E-state index contributed by atoms with van der Waals surface area (Å²) < 4.78 is 36.9. The van der Waals surface area contributed by atoms with Gasteiger partial charge in [0.25, 0.3) is 0 Å². The molecule has 4 heteroatoms. The highest BCUT2D eigenvalue weighted by atomic mass is 19.4. The average Bonchev–Trinajstić information content (AvgIpc) is 2.28. The number of alkyl halides is 3. The molecule has 1 nitrogen and oxygen atoms in total. The van der Waals surface area contributed by atoms with Crippen LogP contribution in [0, 0.1) is 11.8 Å². The monoisotopic (exact) mass is 242 g/mol. The van der Waals surface area contributed by atoms with Gasteiger partial charge >= 0.3 is 6.18 Å². The van der Waals surface area contributed by atoms with Gasteiger partial charge in [-0.2, -0.15) is 13.2 Å². The topological polar surface area (TPSA) is 20.2 Å². The molecule has 17 heavy (non-hydrogen) atoms. The first-order valence-electron chi connectivity index (χ1n) is 5.20. The van der Waals surface area contributed by atoms with Gasteiger partial charge in [-0.3, -0.25) is 0 Å². The maximum absolute atomic E-state index is 12.3. The average molecular weight is 242 g/mol. The number of hydrogen-bond donors (Lipinski definition) is 1. The smallest absolute Gasteiger partial charge is 0.388 e. The minimum Gasteiger partial charge on any atom is -0.388 e. The molecule has 1 N–H and O–H groups in total. The van der Waals surface area contributed by atoms with Crippen LogP contribution in [0.4, 0.5) is 13.2 Å². The van der Waals surface area contributed by atoms with Crippen molar-refractivity contribution >= 4 is 0 Å². The summed E-state index contributed by atoms with van der Waals surface area (Å²) in [5.41, 5.74) is -0.224. The number of aliphatic hydroxyl groups is 1. The predicted octanol–water partition coefficient (Wildman–Crippen LogP) is 3.54. The fourth-order valence-electron chi connectivity index (χ4n) is 1.39. The molecule has 0 aliphatic heterocycles. The molecule has 0 radical (unpaired) electrons. The molecule has 0 heterocycles. The van der Waals surface area contributed by atoms with Crippen molar-refractivity contribution in [1.29, 1.82) is 0 Å². The maximum atomic E-state index is 12.3. The van der Waals surface area contributed by atoms with Crippen LogP contribution in [-0.2, 0) is 6.18 Å². The van der Waals surface area contributed by atoms with E-state index in [1.807, 2.05) is 0 Å². The van der Waals surface area contributed by atoms with Crippen LogP contribution in [0.25, 0.3) is 0 Å². The lowest BCUT2D eigenvalue weighted by Crippen LogP contribution is -2.05. The van der Waals surface area contributed by atoms with E-state index >= 15 is 0 Å². The second-order valence-corrected chi connectivity index (χ2v) is 3.60. The molecule has 0 amide bonds. The number of benzene rings is 1. The molecule has 0 saturated heterocycles. The quantitative estimate of drug-likeness (QED) is 0.804. The van der Waals surface area contributed by atoms with Crippen molar-refractivity contribution < 1.29 is 18.3 Å². The molecular weight excluding hydrogens is 229 g/mol. The normalized spacial score (nSPS) is 12.8. The van der Waals surface area contributed by atoms with Crippen LogP contribution in [-0.4, -0.2) is 5.11 Å². The molecule has 0 bridgehead atoms. The van der Waals surface area contributed by atoms with Gasteiger partial charge in [0.05, 0.1) is 11.7 Å². The molecule has 1 rings (SSSR count). The van der Waals surface area contributed by atoms with Crippen LogP contribution in [0.15, 0.2) is 24.3 Å². The lowest BCUT2D eigenvalue weighted by molar-refractivity contribution is -0.137. The number of hydrogen-bond acceptors (Lipinski definition) is 1. The Hall–Kier alpha value is -1.47. The van der Waals surface area contributed by atoms with Crippen LogP contribution >= 0.6 is 0 Å². The molecule has 1 unspecified atom stereocenters. The first-order valence-corrected chi connectivity index (χ1v) is 5.20. The molecule has 0 saturated carbocycles. The van der Waals surface area contributed by atoms with E-state index in [1.54, 1.807) is 6.92 Å². The highest BCUT2D eigenvalue weighted by Crippen LogP contribution is 2.30. The molecule has 92 valence electrons. The minimum absolute atomic E-state index is 0.423. The van der Waals surface area contributed by atoms with E-state index in [1.165, 1.54) is 12.1 Å². The fraction of sp³-hybridized carbons (Fsp3) is 0.385. The van der Waals surface area contributed by atoms with Crippen LogP contribution in [0.2, 0.25) is 0 Å². The zero-order valence-electron chi connectivity index (χ0n) is 9.38. The zero-order chi connectivity index (χ0) is 12.9. The molecule has 1 aromatic carbocycles. The summed E-state index contributed by atoms with van der Waals surface area (Å²) in [7, 11) is 0. The Morgan fingerprint density at radius 2 is 1.82 bits per heavy atom. The number of aliphatic hydroxyl groups excluding tert-OH is 1. The van der Waals surface area contributed by atoms with Crippen LogP contribution < -0.4 is 0 Å². The molecule has 1 aromatic rings. The Balaban J connectivity index is 2.69. The minimum atomic E-state index is -4.34. The molecule has 0 aliphatic rings. The summed E-state index contributed by atoms with van der Waals surface area (Å²) >= 11 is 0.